The van der Waals surface area contributed by atoms with Crippen LogP contribution in [0.1, 0.15) is 0 Å². The maximum atomic E-state index is 5.63. The first kappa shape index (κ1) is 8.88. The maximum absolute atomic E-state index is 5.63. The fourth-order valence-corrected chi connectivity index (χ4v) is 1.50. The van der Waals surface area contributed by atoms with Crippen LogP contribution in [0, 0.1) is 0 Å². The molecule has 0 atom stereocenters. The van der Waals surface area contributed by atoms with Crippen LogP contribution in [0.25, 0.3) is 11.1 Å². The summed E-state index contributed by atoms with van der Waals surface area (Å²) in [5.74, 6) is 0. The van der Waals surface area contributed by atoms with Gasteiger partial charge in [-0.1, -0.05) is 41.9 Å². The third kappa shape index (κ3) is 1.79. The van der Waals surface area contributed by atoms with Crippen molar-refractivity contribution in [2.45, 2.75) is 0 Å². The van der Waals surface area contributed by atoms with E-state index in [1.54, 1.807) is 0 Å². The van der Waals surface area contributed by atoms with Crippen LogP contribution in [-0.4, -0.2) is 7.85 Å². The van der Waals surface area contributed by atoms with Crippen molar-refractivity contribution in [2.75, 3.05) is 5.73 Å². The first-order chi connectivity index (χ1) is 6.75. The normalized spacial score (nSPS) is 10.0. The number of benzene rings is 2. The van der Waals surface area contributed by atoms with E-state index in [-0.39, 0.29) is 0 Å². The molecule has 2 aromatic carbocycles. The second-order valence-corrected chi connectivity index (χ2v) is 3.49. The SMILES string of the molecule is Bc1cccc(-c2ccc(N)cc2)c1. The summed E-state index contributed by atoms with van der Waals surface area (Å²) < 4.78 is 0. The van der Waals surface area contributed by atoms with E-state index in [4.69, 9.17) is 5.73 Å². The summed E-state index contributed by atoms with van der Waals surface area (Å²) >= 11 is 0. The van der Waals surface area contributed by atoms with Gasteiger partial charge in [-0.05, 0) is 23.3 Å². The highest BCUT2D eigenvalue weighted by Gasteiger charge is 1.96. The van der Waals surface area contributed by atoms with Gasteiger partial charge in [0.2, 0.25) is 0 Å². The molecule has 0 aliphatic heterocycles. The third-order valence-corrected chi connectivity index (χ3v) is 2.26. The first-order valence-electron chi connectivity index (χ1n) is 4.68. The number of anilines is 1. The molecule has 0 spiro atoms. The number of nitrogen functional groups attached to an aromatic ring is 1. The second-order valence-electron chi connectivity index (χ2n) is 3.49. The van der Waals surface area contributed by atoms with Crippen LogP contribution in [0.2, 0.25) is 0 Å². The second kappa shape index (κ2) is 3.58. The van der Waals surface area contributed by atoms with Gasteiger partial charge in [-0.3, -0.25) is 0 Å². The zero-order valence-electron chi connectivity index (χ0n) is 8.20. The lowest BCUT2D eigenvalue weighted by Gasteiger charge is -2.03. The monoisotopic (exact) mass is 181 g/mol. The van der Waals surface area contributed by atoms with Crippen molar-refractivity contribution in [3.05, 3.63) is 48.5 Å². The maximum Gasteiger partial charge on any atom is 0.139 e. The molecule has 0 saturated heterocycles. The highest BCUT2D eigenvalue weighted by Crippen LogP contribution is 2.18. The largest absolute Gasteiger partial charge is 0.399 e. The van der Waals surface area contributed by atoms with Gasteiger partial charge >= 0.3 is 0 Å². The van der Waals surface area contributed by atoms with E-state index in [0.717, 1.165) is 5.69 Å². The Labute approximate surface area is 85.0 Å². The van der Waals surface area contributed by atoms with Crippen molar-refractivity contribution in [2.24, 2.45) is 0 Å². The Morgan fingerprint density at radius 3 is 2.21 bits per heavy atom. The Balaban J connectivity index is 2.44. The van der Waals surface area contributed by atoms with Crippen LogP contribution < -0.4 is 11.2 Å². The molecular weight excluding hydrogens is 169 g/mol. The minimum absolute atomic E-state index is 0.807. The Kier molecular flexibility index (Phi) is 2.27. The molecule has 0 aliphatic rings. The summed E-state index contributed by atoms with van der Waals surface area (Å²) in [7, 11) is 2.10. The summed E-state index contributed by atoms with van der Waals surface area (Å²) in [6.45, 7) is 0. The molecule has 0 amide bonds. The molecule has 0 fully saturated rings. The van der Waals surface area contributed by atoms with Crippen molar-refractivity contribution in [3.63, 3.8) is 0 Å². The van der Waals surface area contributed by atoms with Crippen LogP contribution in [-0.2, 0) is 0 Å². The molecule has 0 bridgehead atoms. The molecule has 2 heteroatoms. The molecule has 1 nitrogen and oxygen atoms in total. The number of rotatable bonds is 1. The van der Waals surface area contributed by atoms with Crippen molar-refractivity contribution < 1.29 is 0 Å². The topological polar surface area (TPSA) is 26.0 Å². The van der Waals surface area contributed by atoms with Crippen LogP contribution in [0.4, 0.5) is 5.69 Å². The van der Waals surface area contributed by atoms with Crippen molar-refractivity contribution in [1.29, 1.82) is 0 Å². The van der Waals surface area contributed by atoms with Gasteiger partial charge in [0, 0.05) is 5.69 Å². The van der Waals surface area contributed by atoms with Gasteiger partial charge in [0.25, 0.3) is 0 Å². The van der Waals surface area contributed by atoms with Gasteiger partial charge < -0.3 is 5.73 Å². The van der Waals surface area contributed by atoms with Gasteiger partial charge in [0.15, 0.2) is 0 Å². The summed E-state index contributed by atoms with van der Waals surface area (Å²) in [5, 5.41) is 0. The van der Waals surface area contributed by atoms with Crippen molar-refractivity contribution in [1.82, 2.24) is 0 Å². The fourth-order valence-electron chi connectivity index (χ4n) is 1.50. The van der Waals surface area contributed by atoms with Crippen LogP contribution in [0.15, 0.2) is 48.5 Å². The summed E-state index contributed by atoms with van der Waals surface area (Å²) in [6.07, 6.45) is 0. The molecule has 0 aromatic heterocycles. The molecule has 0 radical (unpaired) electrons. The van der Waals surface area contributed by atoms with E-state index in [2.05, 4.69) is 32.1 Å². The number of hydrogen-bond donors (Lipinski definition) is 1. The Bertz CT molecular complexity index is 434. The molecular formula is C12H12BN. The molecule has 0 aliphatic carbocycles. The van der Waals surface area contributed by atoms with Crippen LogP contribution in [0.3, 0.4) is 0 Å². The lowest BCUT2D eigenvalue weighted by atomic mass is 9.92. The molecule has 14 heavy (non-hydrogen) atoms. The predicted molar refractivity (Wildman–Crippen MR) is 64.5 cm³/mol. The average Bonchev–Trinajstić information content (AvgIpc) is 2.19. The molecule has 2 rings (SSSR count). The van der Waals surface area contributed by atoms with E-state index in [1.807, 2.05) is 24.3 Å². The van der Waals surface area contributed by atoms with Gasteiger partial charge in [-0.15, -0.1) is 0 Å². The zero-order chi connectivity index (χ0) is 9.97. The number of nitrogens with two attached hydrogens (primary N) is 1. The summed E-state index contributed by atoms with van der Waals surface area (Å²) in [5.41, 5.74) is 10.2. The van der Waals surface area contributed by atoms with Crippen LogP contribution >= 0.6 is 0 Å². The van der Waals surface area contributed by atoms with E-state index >= 15 is 0 Å². The third-order valence-electron chi connectivity index (χ3n) is 2.26. The Morgan fingerprint density at radius 1 is 0.857 bits per heavy atom. The predicted octanol–water partition coefficient (Wildman–Crippen LogP) is 1.19. The minimum Gasteiger partial charge on any atom is -0.399 e. The first-order valence-corrected chi connectivity index (χ1v) is 4.68. The van der Waals surface area contributed by atoms with Gasteiger partial charge in [-0.2, -0.15) is 0 Å². The summed E-state index contributed by atoms with van der Waals surface area (Å²) in [6, 6.07) is 16.4. The lowest BCUT2D eigenvalue weighted by molar-refractivity contribution is 1.63. The molecule has 2 aromatic rings. The smallest absolute Gasteiger partial charge is 0.139 e. The molecule has 0 unspecified atom stereocenters. The van der Waals surface area contributed by atoms with Crippen molar-refractivity contribution in [3.8, 4) is 11.1 Å². The Morgan fingerprint density at radius 2 is 1.57 bits per heavy atom. The Hall–Kier alpha value is -1.70. The average molecular weight is 181 g/mol. The number of hydrogen-bond acceptors (Lipinski definition) is 1. The standard InChI is InChI=1S/C12H12BN/c13-11-3-1-2-10(8-11)9-4-6-12(14)7-5-9/h1-8H,13-14H2. The fraction of sp³-hybridized carbons (Fsp3) is 0. The van der Waals surface area contributed by atoms with Crippen molar-refractivity contribution >= 4 is 19.0 Å². The molecule has 2 N–H and O–H groups in total. The van der Waals surface area contributed by atoms with Gasteiger partial charge in [-0.25, -0.2) is 0 Å². The molecule has 68 valence electrons. The zero-order valence-corrected chi connectivity index (χ0v) is 8.20. The van der Waals surface area contributed by atoms with E-state index in [9.17, 15) is 0 Å². The van der Waals surface area contributed by atoms with Gasteiger partial charge in [0.05, 0.1) is 0 Å². The van der Waals surface area contributed by atoms with E-state index in [1.165, 1.54) is 16.6 Å². The molecule has 0 saturated carbocycles. The van der Waals surface area contributed by atoms with Crippen LogP contribution in [0.5, 0.6) is 0 Å². The highest BCUT2D eigenvalue weighted by atomic mass is 14.5. The quantitative estimate of drug-likeness (QED) is 0.519. The molecule has 0 heterocycles. The summed E-state index contributed by atoms with van der Waals surface area (Å²) in [4.78, 5) is 0. The highest BCUT2D eigenvalue weighted by molar-refractivity contribution is 6.32. The van der Waals surface area contributed by atoms with E-state index in [0.29, 0.717) is 0 Å². The minimum atomic E-state index is 0.807. The lowest BCUT2D eigenvalue weighted by Crippen LogP contribution is -2.00. The van der Waals surface area contributed by atoms with E-state index < -0.39 is 0 Å². The van der Waals surface area contributed by atoms with Gasteiger partial charge in [0.1, 0.15) is 7.85 Å².